The molecule has 0 radical (unpaired) electrons. The van der Waals surface area contributed by atoms with Crippen LogP contribution in [0.5, 0.6) is 5.75 Å². The zero-order valence-corrected chi connectivity index (χ0v) is 36.0. The van der Waals surface area contributed by atoms with E-state index in [1.54, 1.807) is 37.3 Å². The van der Waals surface area contributed by atoms with Crippen LogP contribution in [0.1, 0.15) is 79.7 Å². The molecule has 63 heavy (non-hydrogen) atoms. The topological polar surface area (TPSA) is 225 Å². The summed E-state index contributed by atoms with van der Waals surface area (Å²) in [6, 6.07) is 11.0. The smallest absolute Gasteiger partial charge is 0.333 e. The summed E-state index contributed by atoms with van der Waals surface area (Å²) in [7, 11) is 1.46. The molecule has 1 aromatic heterocycles. The maximum Gasteiger partial charge on any atom is 0.333 e. The Labute approximate surface area is 365 Å². The molecule has 332 valence electrons. The fraction of sp³-hybridized carbons (Fsp3) is 0.413. The number of amides is 6. The van der Waals surface area contributed by atoms with Gasteiger partial charge in [0.1, 0.15) is 41.6 Å². The number of rotatable bonds is 6. The number of nitrogens with one attached hydrogen (secondary N) is 3. The lowest BCUT2D eigenvalue weighted by atomic mass is 9.93. The number of Topliss-reactive ketones (excluding diaryl/α,β-unsaturated/α-hetero) is 1. The van der Waals surface area contributed by atoms with Gasteiger partial charge in [0.2, 0.25) is 29.5 Å². The second-order valence-corrected chi connectivity index (χ2v) is 16.5. The van der Waals surface area contributed by atoms with Crippen molar-refractivity contribution in [3.8, 4) is 5.75 Å². The van der Waals surface area contributed by atoms with Crippen LogP contribution in [-0.4, -0.2) is 128 Å². The molecule has 3 fully saturated rings. The highest BCUT2D eigenvalue weighted by Gasteiger charge is 2.48. The Hall–Kier alpha value is -6.91. The minimum absolute atomic E-state index is 0.0102. The van der Waals surface area contributed by atoms with Crippen LogP contribution in [0.3, 0.4) is 0 Å². The number of aryl methyl sites for hydroxylation is 1. The minimum Gasteiger partial charge on any atom is -0.505 e. The normalized spacial score (nSPS) is 26.7. The monoisotopic (exact) mass is 863 g/mol. The number of fused-ring (bicyclic) bond motifs is 2. The van der Waals surface area contributed by atoms with Crippen molar-refractivity contribution in [1.82, 2.24) is 35.6 Å². The molecule has 3 aromatic rings. The molecule has 0 saturated carbocycles. The van der Waals surface area contributed by atoms with Crippen molar-refractivity contribution in [3.05, 3.63) is 107 Å². The number of cyclic esters (lactones) is 1. The largest absolute Gasteiger partial charge is 0.505 e. The first-order valence-electron chi connectivity index (χ1n) is 20.9. The number of carbonyl (C=O) groups is 8. The first kappa shape index (κ1) is 45.6. The second kappa shape index (κ2) is 19.0. The Morgan fingerprint density at radius 1 is 0.952 bits per heavy atom. The number of ether oxygens (including phenoxy) is 1. The average Bonchev–Trinajstić information content (AvgIpc) is 3.76. The summed E-state index contributed by atoms with van der Waals surface area (Å²) >= 11 is 0. The number of aromatic hydroxyl groups is 1. The van der Waals surface area contributed by atoms with Crippen LogP contribution in [0.15, 0.2) is 85.1 Å². The molecule has 0 bridgehead atoms. The Balaban J connectivity index is 1.47. The molecule has 4 N–H and O–H groups in total. The van der Waals surface area contributed by atoms with E-state index < -0.39 is 107 Å². The fourth-order valence-corrected chi connectivity index (χ4v) is 8.10. The number of piperidine rings is 1. The quantitative estimate of drug-likeness (QED) is 0.207. The van der Waals surface area contributed by atoms with E-state index >= 15 is 4.79 Å². The molecule has 7 atom stereocenters. The van der Waals surface area contributed by atoms with Crippen LogP contribution in [0.25, 0.3) is 0 Å². The van der Waals surface area contributed by atoms with E-state index in [2.05, 4.69) is 27.5 Å². The molecule has 6 amide bonds. The summed E-state index contributed by atoms with van der Waals surface area (Å²) in [5, 5.41) is 18.3. The summed E-state index contributed by atoms with van der Waals surface area (Å²) in [5.74, 6) is -6.72. The van der Waals surface area contributed by atoms with Gasteiger partial charge in [0.15, 0.2) is 17.5 Å². The van der Waals surface area contributed by atoms with E-state index in [1.165, 1.54) is 53.9 Å². The molecule has 17 nitrogen and oxygen atoms in total. The number of likely N-dealkylation sites (N-methyl/N-ethyl adjacent to an activating group) is 1. The Morgan fingerprint density at radius 3 is 2.32 bits per heavy atom. The SMILES string of the molecule is C=C1CN2C(=O)[C@H](Cc3ccc(C)cc3)N(C)C(=O)[C@@H]3CCCN3C(=O)C(C)(CC)NC(=O)[C@@H](NC(=O)c3ncccc3O)[C@@H](C)OC(=O)[C@H](c3ccccc3)NC(=O)[C@@H]2CC1=O. The van der Waals surface area contributed by atoms with Crippen LogP contribution in [0.2, 0.25) is 0 Å². The minimum atomic E-state index is -1.71. The standard InChI is InChI=1S/C46H53N7O10/c1-7-46(5)45(62)52-22-12-15-31(52)42(59)51(6)33(23-29-19-17-26(2)18-20-29)43(60)53-25-27(3)35(55)24-32(53)39(56)49-37(30-13-9-8-10-14-30)44(61)63-28(4)36(41(58)50-46)48-40(57)38-34(54)16-11-21-47-38/h8-11,13-14,16-21,28,31-33,36-37,54H,3,7,12,15,22-25H2,1-2,4-6H3,(H,48,57)(H,49,56)(H,50,58)/t28-,31+,32+,33+,36+,37+,46?/m1/s1. The molecular formula is C46H53N7O10. The molecule has 3 saturated heterocycles. The van der Waals surface area contributed by atoms with E-state index in [0.29, 0.717) is 12.0 Å². The summed E-state index contributed by atoms with van der Waals surface area (Å²) < 4.78 is 5.87. The van der Waals surface area contributed by atoms with Crippen molar-refractivity contribution in [1.29, 1.82) is 0 Å². The van der Waals surface area contributed by atoms with Gasteiger partial charge >= 0.3 is 5.97 Å². The summed E-state index contributed by atoms with van der Waals surface area (Å²) in [6.45, 7) is 10.0. The third-order valence-electron chi connectivity index (χ3n) is 12.1. The van der Waals surface area contributed by atoms with Crippen LogP contribution >= 0.6 is 0 Å². The van der Waals surface area contributed by atoms with Crippen molar-refractivity contribution in [2.45, 2.75) is 102 Å². The van der Waals surface area contributed by atoms with E-state index in [1.807, 2.05) is 31.2 Å². The Morgan fingerprint density at radius 2 is 1.65 bits per heavy atom. The zero-order valence-electron chi connectivity index (χ0n) is 36.0. The maximum atomic E-state index is 15.0. The molecule has 1 unspecified atom stereocenters. The summed E-state index contributed by atoms with van der Waals surface area (Å²) in [5.41, 5.74) is -0.133. The number of hydrogen-bond donors (Lipinski definition) is 4. The van der Waals surface area contributed by atoms with Crippen molar-refractivity contribution in [2.75, 3.05) is 20.1 Å². The van der Waals surface area contributed by atoms with Gasteiger partial charge in [-0.1, -0.05) is 73.7 Å². The molecule has 0 spiro atoms. The van der Waals surface area contributed by atoms with Crippen LogP contribution < -0.4 is 16.0 Å². The average molecular weight is 864 g/mol. The van der Waals surface area contributed by atoms with E-state index in [4.69, 9.17) is 4.74 Å². The third kappa shape index (κ3) is 9.77. The molecule has 2 aromatic carbocycles. The van der Waals surface area contributed by atoms with E-state index in [0.717, 1.165) is 5.56 Å². The Bertz CT molecular complexity index is 2300. The van der Waals surface area contributed by atoms with Crippen molar-refractivity contribution < 1.29 is 48.2 Å². The molecule has 4 heterocycles. The number of hydrogen-bond acceptors (Lipinski definition) is 11. The number of ketones is 1. The highest BCUT2D eigenvalue weighted by atomic mass is 16.5. The van der Waals surface area contributed by atoms with Gasteiger partial charge in [0.25, 0.3) is 5.91 Å². The van der Waals surface area contributed by atoms with Crippen molar-refractivity contribution in [2.24, 2.45) is 0 Å². The van der Waals surface area contributed by atoms with Gasteiger partial charge in [-0.05, 0) is 63.3 Å². The number of esters is 1. The summed E-state index contributed by atoms with van der Waals surface area (Å²) in [4.78, 5) is 122. The highest BCUT2D eigenvalue weighted by Crippen LogP contribution is 2.29. The van der Waals surface area contributed by atoms with Gasteiger partial charge in [-0.3, -0.25) is 33.6 Å². The lowest BCUT2D eigenvalue weighted by molar-refractivity contribution is -0.156. The molecule has 17 heteroatoms. The highest BCUT2D eigenvalue weighted by molar-refractivity contribution is 6.05. The van der Waals surface area contributed by atoms with Gasteiger partial charge in [0, 0.05) is 44.7 Å². The first-order valence-corrected chi connectivity index (χ1v) is 20.9. The lowest BCUT2D eigenvalue weighted by Gasteiger charge is -2.41. The molecule has 0 aliphatic carbocycles. The molecule has 6 rings (SSSR count). The van der Waals surface area contributed by atoms with Crippen molar-refractivity contribution in [3.63, 3.8) is 0 Å². The van der Waals surface area contributed by atoms with E-state index in [9.17, 15) is 38.7 Å². The first-order chi connectivity index (χ1) is 29.9. The number of nitrogens with zero attached hydrogens (tertiary/aromatic N) is 4. The Kier molecular flexibility index (Phi) is 13.8. The fourth-order valence-electron chi connectivity index (χ4n) is 8.10. The summed E-state index contributed by atoms with van der Waals surface area (Å²) in [6.07, 6.45) is -0.0133. The van der Waals surface area contributed by atoms with Crippen LogP contribution in [0, 0.1) is 6.92 Å². The van der Waals surface area contributed by atoms with E-state index in [-0.39, 0.29) is 43.5 Å². The number of pyridine rings is 1. The number of benzene rings is 2. The van der Waals surface area contributed by atoms with Crippen LogP contribution in [0.4, 0.5) is 0 Å². The second-order valence-electron chi connectivity index (χ2n) is 16.5. The molecule has 3 aliphatic heterocycles. The van der Waals surface area contributed by atoms with Crippen molar-refractivity contribution >= 4 is 47.2 Å². The van der Waals surface area contributed by atoms with Gasteiger partial charge in [-0.2, -0.15) is 0 Å². The predicted molar refractivity (Wildman–Crippen MR) is 227 cm³/mol. The van der Waals surface area contributed by atoms with Gasteiger partial charge in [0.05, 0.1) is 0 Å². The zero-order chi connectivity index (χ0) is 45.7. The van der Waals surface area contributed by atoms with Gasteiger partial charge in [-0.15, -0.1) is 0 Å². The predicted octanol–water partition coefficient (Wildman–Crippen LogP) is 2.07. The number of carbonyl (C=O) groups excluding carboxylic acids is 8. The lowest BCUT2D eigenvalue weighted by Crippen LogP contribution is -2.64. The van der Waals surface area contributed by atoms with Gasteiger partial charge < -0.3 is 40.5 Å². The number of aromatic nitrogens is 1. The maximum absolute atomic E-state index is 15.0. The van der Waals surface area contributed by atoms with Crippen LogP contribution in [-0.2, 0) is 44.7 Å². The van der Waals surface area contributed by atoms with Gasteiger partial charge in [-0.25, -0.2) is 9.78 Å². The molecular weight excluding hydrogens is 811 g/mol. The molecule has 3 aliphatic rings. The third-order valence-corrected chi connectivity index (χ3v) is 12.1.